The third-order valence-corrected chi connectivity index (χ3v) is 6.54. The number of nitrogens with one attached hydrogen (secondary N) is 1. The second-order valence-corrected chi connectivity index (χ2v) is 8.27. The Hall–Kier alpha value is -3.23. The van der Waals surface area contributed by atoms with Crippen LogP contribution in [0.2, 0.25) is 0 Å². The van der Waals surface area contributed by atoms with E-state index in [1.165, 1.54) is 34.6 Å². The lowest BCUT2D eigenvalue weighted by Crippen LogP contribution is -2.47. The summed E-state index contributed by atoms with van der Waals surface area (Å²) in [6.07, 6.45) is 5.05. The van der Waals surface area contributed by atoms with Crippen LogP contribution in [0.4, 0.5) is 4.39 Å². The van der Waals surface area contributed by atoms with Crippen LogP contribution in [0, 0.1) is 5.82 Å². The summed E-state index contributed by atoms with van der Waals surface area (Å²) >= 11 is 0. The van der Waals surface area contributed by atoms with Crippen LogP contribution in [0.5, 0.6) is 0 Å². The van der Waals surface area contributed by atoms with Gasteiger partial charge in [-0.3, -0.25) is 19.1 Å². The molecular formula is C21H22FN5O3. The van der Waals surface area contributed by atoms with Crippen LogP contribution >= 0.6 is 0 Å². The number of imidazole rings is 1. The molecule has 0 radical (unpaired) electrons. The van der Waals surface area contributed by atoms with Crippen LogP contribution in [0.15, 0.2) is 40.2 Å². The first-order chi connectivity index (χ1) is 14.4. The lowest BCUT2D eigenvalue weighted by Gasteiger charge is -2.39. The van der Waals surface area contributed by atoms with E-state index < -0.39 is 11.2 Å². The number of H-pyrrole nitrogens is 1. The highest BCUT2D eigenvalue weighted by Crippen LogP contribution is 2.43. The van der Waals surface area contributed by atoms with E-state index in [2.05, 4.69) is 9.97 Å². The van der Waals surface area contributed by atoms with Gasteiger partial charge in [0.2, 0.25) is 5.91 Å². The normalized spacial score (nSPS) is 23.3. The quantitative estimate of drug-likeness (QED) is 0.707. The minimum atomic E-state index is -0.545. The average molecular weight is 411 g/mol. The van der Waals surface area contributed by atoms with Crippen molar-refractivity contribution in [3.8, 4) is 0 Å². The van der Waals surface area contributed by atoms with Crippen molar-refractivity contribution in [3.05, 3.63) is 62.8 Å². The van der Waals surface area contributed by atoms with Gasteiger partial charge in [0.1, 0.15) is 12.4 Å². The van der Waals surface area contributed by atoms with Gasteiger partial charge in [-0.05, 0) is 49.3 Å². The molecule has 4 heterocycles. The second-order valence-electron chi connectivity index (χ2n) is 8.27. The summed E-state index contributed by atoms with van der Waals surface area (Å²) in [6, 6.07) is 6.94. The molecule has 2 fully saturated rings. The van der Waals surface area contributed by atoms with Crippen molar-refractivity contribution in [2.45, 2.75) is 50.2 Å². The number of hydrogen-bond acceptors (Lipinski definition) is 4. The molecule has 1 amide bonds. The number of aromatic amines is 1. The maximum atomic E-state index is 13.3. The molecule has 8 nitrogen and oxygen atoms in total. The smallest absolute Gasteiger partial charge is 0.329 e. The molecule has 1 N–H and O–H groups in total. The zero-order valence-electron chi connectivity index (χ0n) is 16.5. The minimum Gasteiger partial charge on any atom is -0.335 e. The lowest BCUT2D eigenvalue weighted by atomic mass is 9.85. The summed E-state index contributed by atoms with van der Waals surface area (Å²) in [5, 5.41) is 0. The first-order valence-corrected chi connectivity index (χ1v) is 10.1. The Morgan fingerprint density at radius 1 is 1.17 bits per heavy atom. The number of benzene rings is 1. The fraction of sp³-hybridized carbons (Fsp3) is 0.429. The highest BCUT2D eigenvalue weighted by atomic mass is 19.1. The number of aryl methyl sites for hydroxylation is 1. The Kier molecular flexibility index (Phi) is 4.34. The number of halogens is 1. The number of hydrogen-bond donors (Lipinski definition) is 1. The summed E-state index contributed by atoms with van der Waals surface area (Å²) in [4.78, 5) is 45.6. The first kappa shape index (κ1) is 18.8. The van der Waals surface area contributed by atoms with E-state index in [1.54, 1.807) is 0 Å². The number of carbonyl (C=O) groups excluding carboxylic acids is 1. The average Bonchev–Trinajstić information content (AvgIpc) is 3.25. The molecule has 3 atom stereocenters. The molecule has 5 rings (SSSR count). The molecule has 0 spiro atoms. The van der Waals surface area contributed by atoms with Gasteiger partial charge in [0.25, 0.3) is 5.56 Å². The van der Waals surface area contributed by atoms with Crippen LogP contribution in [0.25, 0.3) is 11.2 Å². The van der Waals surface area contributed by atoms with E-state index >= 15 is 0 Å². The predicted octanol–water partition coefficient (Wildman–Crippen LogP) is 1.50. The Balaban J connectivity index is 1.38. The summed E-state index contributed by atoms with van der Waals surface area (Å²) in [6.45, 7) is 0.00595. The summed E-state index contributed by atoms with van der Waals surface area (Å²) in [5.74, 6) is 0.0283. The number of amides is 1. The third-order valence-electron chi connectivity index (χ3n) is 6.54. The number of piperidine rings is 1. The van der Waals surface area contributed by atoms with E-state index in [4.69, 9.17) is 0 Å². The van der Waals surface area contributed by atoms with Crippen molar-refractivity contribution in [1.29, 1.82) is 0 Å². The van der Waals surface area contributed by atoms with Crippen molar-refractivity contribution in [3.63, 3.8) is 0 Å². The van der Waals surface area contributed by atoms with Gasteiger partial charge < -0.3 is 9.47 Å². The SMILES string of the molecule is Cn1c(=O)[nH]c(=O)c2c1ncn2CC(=O)N1[C@@H]2CC[C@H]1CC(c1ccc(F)cc1)C2. The monoisotopic (exact) mass is 411 g/mol. The topological polar surface area (TPSA) is 93.0 Å². The van der Waals surface area contributed by atoms with Crippen molar-refractivity contribution in [2.24, 2.45) is 7.05 Å². The third kappa shape index (κ3) is 2.96. The van der Waals surface area contributed by atoms with Crippen molar-refractivity contribution in [2.75, 3.05) is 0 Å². The number of fused-ring (bicyclic) bond motifs is 3. The van der Waals surface area contributed by atoms with Crippen molar-refractivity contribution < 1.29 is 9.18 Å². The van der Waals surface area contributed by atoms with Gasteiger partial charge in [-0.25, -0.2) is 14.2 Å². The van der Waals surface area contributed by atoms with E-state index in [0.29, 0.717) is 5.92 Å². The Morgan fingerprint density at radius 3 is 2.50 bits per heavy atom. The molecule has 0 saturated carbocycles. The van der Waals surface area contributed by atoms with E-state index in [9.17, 15) is 18.8 Å². The standard InChI is InChI=1S/C21H22FN5O3/c1-25-19-18(20(29)24-21(25)30)26(11-23-19)10-17(28)27-15-6-7-16(27)9-13(8-15)12-2-4-14(22)5-3-12/h2-5,11,13,15-16H,6-10H2,1H3,(H,24,29,30)/t13?,15-,16+. The van der Waals surface area contributed by atoms with E-state index in [1.807, 2.05) is 17.0 Å². The highest BCUT2D eigenvalue weighted by molar-refractivity contribution is 5.80. The predicted molar refractivity (Wildman–Crippen MR) is 108 cm³/mol. The molecule has 30 heavy (non-hydrogen) atoms. The number of aromatic nitrogens is 4. The molecule has 9 heteroatoms. The van der Waals surface area contributed by atoms with Crippen LogP contribution in [0.3, 0.4) is 0 Å². The molecule has 2 aromatic heterocycles. The van der Waals surface area contributed by atoms with Crippen LogP contribution < -0.4 is 11.2 Å². The molecule has 1 aromatic carbocycles. The van der Waals surface area contributed by atoms with Gasteiger partial charge >= 0.3 is 5.69 Å². The number of rotatable bonds is 3. The summed E-state index contributed by atoms with van der Waals surface area (Å²) in [7, 11) is 1.53. The largest absolute Gasteiger partial charge is 0.335 e. The van der Waals surface area contributed by atoms with Crippen LogP contribution in [0.1, 0.15) is 37.2 Å². The molecule has 3 aromatic rings. The van der Waals surface area contributed by atoms with Gasteiger partial charge in [-0.2, -0.15) is 0 Å². The molecule has 2 bridgehead atoms. The van der Waals surface area contributed by atoms with Crippen LogP contribution in [-0.4, -0.2) is 42.0 Å². The van der Waals surface area contributed by atoms with Gasteiger partial charge in [-0.15, -0.1) is 0 Å². The minimum absolute atomic E-state index is 0.00595. The molecule has 1 unspecified atom stereocenters. The fourth-order valence-electron chi connectivity index (χ4n) is 5.12. The maximum Gasteiger partial charge on any atom is 0.329 e. The summed E-state index contributed by atoms with van der Waals surface area (Å²) < 4.78 is 16.0. The zero-order chi connectivity index (χ0) is 21.0. The summed E-state index contributed by atoms with van der Waals surface area (Å²) in [5.41, 5.74) is 0.517. The molecule has 2 aliphatic rings. The molecule has 156 valence electrons. The molecule has 2 saturated heterocycles. The van der Waals surface area contributed by atoms with E-state index in [-0.39, 0.29) is 41.5 Å². The van der Waals surface area contributed by atoms with Crippen molar-refractivity contribution in [1.82, 2.24) is 24.0 Å². The molecule has 0 aliphatic carbocycles. The number of carbonyl (C=O) groups is 1. The Bertz CT molecular complexity index is 1230. The second kappa shape index (κ2) is 6.93. The number of nitrogens with zero attached hydrogens (tertiary/aromatic N) is 4. The van der Waals surface area contributed by atoms with E-state index in [0.717, 1.165) is 31.2 Å². The van der Waals surface area contributed by atoms with Gasteiger partial charge in [0.15, 0.2) is 11.2 Å². The zero-order valence-corrected chi connectivity index (χ0v) is 16.5. The first-order valence-electron chi connectivity index (χ1n) is 10.1. The Labute approximate surface area is 171 Å². The Morgan fingerprint density at radius 2 is 1.83 bits per heavy atom. The van der Waals surface area contributed by atoms with Gasteiger partial charge in [0, 0.05) is 19.1 Å². The van der Waals surface area contributed by atoms with Crippen molar-refractivity contribution >= 4 is 17.1 Å². The highest BCUT2D eigenvalue weighted by Gasteiger charge is 2.43. The van der Waals surface area contributed by atoms with Gasteiger partial charge in [-0.1, -0.05) is 12.1 Å². The van der Waals surface area contributed by atoms with Gasteiger partial charge in [0.05, 0.1) is 6.33 Å². The molecule has 2 aliphatic heterocycles. The lowest BCUT2D eigenvalue weighted by molar-refractivity contribution is -0.136. The molecular weight excluding hydrogens is 389 g/mol. The fourth-order valence-corrected chi connectivity index (χ4v) is 5.12. The van der Waals surface area contributed by atoms with Crippen LogP contribution in [-0.2, 0) is 18.4 Å². The maximum absolute atomic E-state index is 13.3.